The fraction of sp³-hybridized carbons (Fsp3) is 0.586. The summed E-state index contributed by atoms with van der Waals surface area (Å²) in [4.78, 5) is 12.3. The summed E-state index contributed by atoms with van der Waals surface area (Å²) in [7, 11) is 0. The summed E-state index contributed by atoms with van der Waals surface area (Å²) in [5.74, 6) is 0.687. The number of halogens is 1. The molecule has 0 atom stereocenters. The molecule has 0 saturated heterocycles. The van der Waals surface area contributed by atoms with E-state index in [1.165, 1.54) is 57.8 Å². The van der Waals surface area contributed by atoms with Gasteiger partial charge in [-0.3, -0.25) is 4.79 Å². The van der Waals surface area contributed by atoms with Crippen molar-refractivity contribution in [3.05, 3.63) is 58.9 Å². The second-order valence-corrected chi connectivity index (χ2v) is 9.60. The van der Waals surface area contributed by atoms with Gasteiger partial charge in [0.05, 0.1) is 18.1 Å². The maximum Gasteiger partial charge on any atom is 0.224 e. The number of nitrogens with one attached hydrogen (secondary N) is 1. The number of hydrogen-bond acceptors (Lipinski definition) is 2. The molecule has 2 aromatic rings. The lowest BCUT2D eigenvalue weighted by molar-refractivity contribution is -0.697. The normalized spacial score (nSPS) is 10.9. The van der Waals surface area contributed by atoms with Crippen LogP contribution < -0.4 is 14.6 Å². The van der Waals surface area contributed by atoms with E-state index in [4.69, 9.17) is 16.3 Å². The SMILES string of the molecule is CCCCCCCCCCCCOc1ccc(CC(=O)NCc2cc[n+](CCC)cc2)cc1Cl. The summed E-state index contributed by atoms with van der Waals surface area (Å²) in [5, 5.41) is 3.56. The van der Waals surface area contributed by atoms with Crippen molar-refractivity contribution in [1.82, 2.24) is 5.32 Å². The third-order valence-electron chi connectivity index (χ3n) is 6.05. The number of nitrogens with zero attached hydrogens (tertiary/aromatic N) is 1. The molecule has 0 radical (unpaired) electrons. The van der Waals surface area contributed by atoms with Gasteiger partial charge in [-0.05, 0) is 29.7 Å². The van der Waals surface area contributed by atoms with Gasteiger partial charge in [-0.25, -0.2) is 4.57 Å². The number of carbonyl (C=O) groups excluding carboxylic acids is 1. The van der Waals surface area contributed by atoms with E-state index in [9.17, 15) is 4.79 Å². The number of benzene rings is 1. The van der Waals surface area contributed by atoms with Gasteiger partial charge in [-0.15, -0.1) is 0 Å². The van der Waals surface area contributed by atoms with E-state index >= 15 is 0 Å². The van der Waals surface area contributed by atoms with E-state index in [2.05, 4.69) is 36.1 Å². The lowest BCUT2D eigenvalue weighted by Crippen LogP contribution is -2.32. The van der Waals surface area contributed by atoms with E-state index in [0.29, 0.717) is 30.3 Å². The molecule has 0 bridgehead atoms. The van der Waals surface area contributed by atoms with Crippen molar-refractivity contribution in [2.45, 2.75) is 104 Å². The van der Waals surface area contributed by atoms with Gasteiger partial charge in [0, 0.05) is 25.1 Å². The van der Waals surface area contributed by atoms with E-state index in [-0.39, 0.29) is 5.91 Å². The molecule has 1 heterocycles. The molecule has 1 N–H and O–H groups in total. The number of ether oxygens (including phenoxy) is 1. The zero-order chi connectivity index (χ0) is 24.4. The second kappa shape index (κ2) is 17.4. The Hall–Kier alpha value is -2.07. The topological polar surface area (TPSA) is 42.2 Å². The molecule has 0 unspecified atom stereocenters. The van der Waals surface area contributed by atoms with Crippen molar-refractivity contribution in [3.8, 4) is 5.75 Å². The molecule has 1 amide bonds. The molecule has 2 rings (SSSR count). The maximum atomic E-state index is 12.3. The Balaban J connectivity index is 1.60. The molecule has 1 aromatic carbocycles. The molecule has 5 heteroatoms. The molecular weight excluding hydrogens is 444 g/mol. The smallest absolute Gasteiger partial charge is 0.224 e. The molecule has 4 nitrogen and oxygen atoms in total. The highest BCUT2D eigenvalue weighted by molar-refractivity contribution is 6.32. The Labute approximate surface area is 212 Å². The Kier molecular flexibility index (Phi) is 14.4. The molecular formula is C29H44ClN2O2+. The van der Waals surface area contributed by atoms with Gasteiger partial charge in [0.15, 0.2) is 12.4 Å². The Bertz CT molecular complexity index is 823. The second-order valence-electron chi connectivity index (χ2n) is 9.19. The number of hydrogen-bond donors (Lipinski definition) is 1. The summed E-state index contributed by atoms with van der Waals surface area (Å²) in [6.45, 7) is 6.64. The van der Waals surface area contributed by atoms with Gasteiger partial charge in [-0.2, -0.15) is 0 Å². The molecule has 1 aromatic heterocycles. The average molecular weight is 488 g/mol. The first-order chi connectivity index (χ1) is 16.6. The quantitative estimate of drug-likeness (QED) is 0.178. The van der Waals surface area contributed by atoms with Crippen molar-refractivity contribution in [2.75, 3.05) is 6.61 Å². The van der Waals surface area contributed by atoms with Crippen LogP contribution in [0.4, 0.5) is 0 Å². The van der Waals surface area contributed by atoms with Crippen molar-refractivity contribution in [3.63, 3.8) is 0 Å². The zero-order valence-corrected chi connectivity index (χ0v) is 22.0. The zero-order valence-electron chi connectivity index (χ0n) is 21.3. The predicted molar refractivity (Wildman–Crippen MR) is 141 cm³/mol. The van der Waals surface area contributed by atoms with Crippen LogP contribution in [0.2, 0.25) is 5.02 Å². The van der Waals surface area contributed by atoms with Gasteiger partial charge in [0.1, 0.15) is 12.3 Å². The van der Waals surface area contributed by atoms with Crippen molar-refractivity contribution < 1.29 is 14.1 Å². The number of aryl methyl sites for hydroxylation is 1. The third kappa shape index (κ3) is 11.9. The number of carbonyl (C=O) groups is 1. The van der Waals surface area contributed by atoms with Crippen LogP contribution in [0.25, 0.3) is 0 Å². The maximum absolute atomic E-state index is 12.3. The van der Waals surface area contributed by atoms with Crippen LogP contribution in [0.1, 0.15) is 95.6 Å². The highest BCUT2D eigenvalue weighted by Crippen LogP contribution is 2.26. The number of pyridine rings is 1. The number of amides is 1. The van der Waals surface area contributed by atoms with Crippen molar-refractivity contribution in [2.24, 2.45) is 0 Å². The minimum Gasteiger partial charge on any atom is -0.492 e. The molecule has 0 aliphatic rings. The van der Waals surface area contributed by atoms with Crippen LogP contribution in [-0.4, -0.2) is 12.5 Å². The fourth-order valence-corrected chi connectivity index (χ4v) is 4.26. The van der Waals surface area contributed by atoms with E-state index in [1.807, 2.05) is 30.3 Å². The molecule has 0 aliphatic heterocycles. The first-order valence-electron chi connectivity index (χ1n) is 13.3. The Morgan fingerprint density at radius 3 is 2.12 bits per heavy atom. The molecule has 0 saturated carbocycles. The van der Waals surface area contributed by atoms with Crippen LogP contribution in [0.5, 0.6) is 5.75 Å². The number of aromatic nitrogens is 1. The average Bonchev–Trinajstić information content (AvgIpc) is 2.83. The summed E-state index contributed by atoms with van der Waals surface area (Å²) >= 11 is 6.40. The number of rotatable bonds is 18. The minimum absolute atomic E-state index is 0.0135. The van der Waals surface area contributed by atoms with Crippen LogP contribution in [0, 0.1) is 0 Å². The van der Waals surface area contributed by atoms with Crippen LogP contribution >= 0.6 is 11.6 Å². The highest BCUT2D eigenvalue weighted by Gasteiger charge is 2.08. The fourth-order valence-electron chi connectivity index (χ4n) is 4.00. The third-order valence-corrected chi connectivity index (χ3v) is 6.34. The lowest BCUT2D eigenvalue weighted by atomic mass is 10.1. The van der Waals surface area contributed by atoms with E-state index < -0.39 is 0 Å². The van der Waals surface area contributed by atoms with Crippen molar-refractivity contribution in [1.29, 1.82) is 0 Å². The van der Waals surface area contributed by atoms with Crippen LogP contribution in [-0.2, 0) is 24.3 Å². The summed E-state index contributed by atoms with van der Waals surface area (Å²) in [5.41, 5.74) is 1.98. The van der Waals surface area contributed by atoms with Gasteiger partial charge >= 0.3 is 0 Å². The largest absolute Gasteiger partial charge is 0.492 e. The molecule has 34 heavy (non-hydrogen) atoms. The van der Waals surface area contributed by atoms with Crippen molar-refractivity contribution >= 4 is 17.5 Å². The monoisotopic (exact) mass is 487 g/mol. The first kappa shape index (κ1) is 28.2. The summed E-state index contributed by atoms with van der Waals surface area (Å²) < 4.78 is 8.01. The minimum atomic E-state index is -0.0135. The molecule has 0 spiro atoms. The lowest BCUT2D eigenvalue weighted by Gasteiger charge is -2.10. The molecule has 188 valence electrons. The first-order valence-corrected chi connectivity index (χ1v) is 13.7. The van der Waals surface area contributed by atoms with Gasteiger partial charge in [0.2, 0.25) is 5.91 Å². The van der Waals surface area contributed by atoms with Gasteiger partial charge in [0.25, 0.3) is 0 Å². The summed E-state index contributed by atoms with van der Waals surface area (Å²) in [6, 6.07) is 9.74. The highest BCUT2D eigenvalue weighted by atomic mass is 35.5. The standard InChI is InChI=1S/C29H43ClN2O2/c1-3-5-6-7-8-9-10-11-12-13-21-34-28-15-14-26(22-27(28)30)23-29(33)31-24-25-16-19-32(18-4-2)20-17-25/h14-17,19-20,22H,3-13,18,21,23-24H2,1-2H3/p+1. The van der Waals surface area contributed by atoms with Crippen LogP contribution in [0.15, 0.2) is 42.7 Å². The molecule has 0 fully saturated rings. The molecule has 0 aliphatic carbocycles. The Morgan fingerprint density at radius 2 is 1.50 bits per heavy atom. The van der Waals surface area contributed by atoms with Gasteiger partial charge < -0.3 is 10.1 Å². The Morgan fingerprint density at radius 1 is 0.853 bits per heavy atom. The van der Waals surface area contributed by atoms with E-state index in [1.54, 1.807) is 0 Å². The van der Waals surface area contributed by atoms with Crippen LogP contribution in [0.3, 0.4) is 0 Å². The van der Waals surface area contributed by atoms with Gasteiger partial charge in [-0.1, -0.05) is 89.3 Å². The summed E-state index contributed by atoms with van der Waals surface area (Å²) in [6.07, 6.45) is 18.6. The predicted octanol–water partition coefficient (Wildman–Crippen LogP) is 7.20. The number of unbranched alkanes of at least 4 members (excludes halogenated alkanes) is 9. The van der Waals surface area contributed by atoms with E-state index in [0.717, 1.165) is 30.5 Å².